The fourth-order valence-electron chi connectivity index (χ4n) is 5.02. The smallest absolute Gasteiger partial charge is 0.416 e. The molecule has 5 rings (SSSR count). The summed E-state index contributed by atoms with van der Waals surface area (Å²) in [4.78, 5) is 30.0. The van der Waals surface area contributed by atoms with Crippen molar-refractivity contribution in [2.24, 2.45) is 0 Å². The first-order valence-electron chi connectivity index (χ1n) is 12.6. The minimum atomic E-state index is -4.60. The summed E-state index contributed by atoms with van der Waals surface area (Å²) in [5.41, 5.74) is 3.04. The van der Waals surface area contributed by atoms with E-state index in [-0.39, 0.29) is 18.5 Å². The first-order chi connectivity index (χ1) is 19.1. The Bertz CT molecular complexity index is 1540. The van der Waals surface area contributed by atoms with Crippen molar-refractivity contribution in [1.29, 1.82) is 0 Å². The summed E-state index contributed by atoms with van der Waals surface area (Å²) in [6.45, 7) is 1.66. The minimum Gasteiger partial charge on any atom is -0.481 e. The highest BCUT2D eigenvalue weighted by Crippen LogP contribution is 2.40. The number of hydrogen-bond donors (Lipinski definition) is 1. The topological polar surface area (TPSA) is 79.7 Å². The second-order valence-corrected chi connectivity index (χ2v) is 9.65. The molecule has 9 heteroatoms. The zero-order valence-corrected chi connectivity index (χ0v) is 21.4. The van der Waals surface area contributed by atoms with Crippen LogP contribution in [0.4, 0.5) is 18.0 Å². The van der Waals surface area contributed by atoms with Crippen LogP contribution in [0.5, 0.6) is 0 Å². The fourth-order valence-corrected chi connectivity index (χ4v) is 5.02. The van der Waals surface area contributed by atoms with Crippen molar-refractivity contribution in [1.82, 2.24) is 9.88 Å². The number of cyclic esters (lactones) is 1. The number of rotatable bonds is 7. The van der Waals surface area contributed by atoms with Gasteiger partial charge in [0, 0.05) is 18.0 Å². The van der Waals surface area contributed by atoms with E-state index in [1.807, 2.05) is 36.4 Å². The molecule has 3 aromatic carbocycles. The number of aliphatic carboxylic acids is 1. The van der Waals surface area contributed by atoms with Crippen molar-refractivity contribution in [2.45, 2.75) is 38.2 Å². The summed E-state index contributed by atoms with van der Waals surface area (Å²) in [5.74, 6) is -1.03. The number of pyridine rings is 1. The number of carboxylic acid groups (broad SMARTS) is 1. The number of carboxylic acids is 1. The van der Waals surface area contributed by atoms with Gasteiger partial charge in [0.05, 0.1) is 24.6 Å². The monoisotopic (exact) mass is 546 g/mol. The van der Waals surface area contributed by atoms with Crippen LogP contribution in [0.2, 0.25) is 0 Å². The highest BCUT2D eigenvalue weighted by atomic mass is 19.4. The largest absolute Gasteiger partial charge is 0.481 e. The molecule has 2 heterocycles. The van der Waals surface area contributed by atoms with Gasteiger partial charge in [-0.05, 0) is 64.6 Å². The second-order valence-electron chi connectivity index (χ2n) is 9.65. The van der Waals surface area contributed by atoms with Gasteiger partial charge in [0.25, 0.3) is 0 Å². The number of hydrogen-bond acceptors (Lipinski definition) is 4. The SMILES string of the molecule is C[C@H]1[C@@H](c2ccccc2)OC(=O)N1Cc1cc(C(F)(F)F)ccc1-c1cc(CC(=O)O)ccc1-c1cccnc1. The maximum atomic E-state index is 13.8. The van der Waals surface area contributed by atoms with Crippen LogP contribution >= 0.6 is 0 Å². The molecule has 0 spiro atoms. The molecule has 0 saturated carbocycles. The molecule has 40 heavy (non-hydrogen) atoms. The quantitative estimate of drug-likeness (QED) is 0.266. The van der Waals surface area contributed by atoms with E-state index in [0.717, 1.165) is 17.7 Å². The Morgan fingerprint density at radius 3 is 2.40 bits per heavy atom. The molecule has 0 aliphatic carbocycles. The average Bonchev–Trinajstić information content (AvgIpc) is 3.21. The molecular formula is C31H25F3N2O4. The van der Waals surface area contributed by atoms with Crippen LogP contribution in [0.1, 0.15) is 35.3 Å². The van der Waals surface area contributed by atoms with Crippen molar-refractivity contribution in [2.75, 3.05) is 0 Å². The molecule has 1 aliphatic rings. The van der Waals surface area contributed by atoms with E-state index >= 15 is 0 Å². The second kappa shape index (κ2) is 10.8. The summed E-state index contributed by atoms with van der Waals surface area (Å²) < 4.78 is 47.1. The molecule has 0 radical (unpaired) electrons. The van der Waals surface area contributed by atoms with E-state index in [1.54, 1.807) is 43.6 Å². The van der Waals surface area contributed by atoms with Gasteiger partial charge in [-0.2, -0.15) is 13.2 Å². The fraction of sp³-hybridized carbons (Fsp3) is 0.194. The zero-order chi connectivity index (χ0) is 28.4. The molecule has 1 fully saturated rings. The van der Waals surface area contributed by atoms with E-state index in [0.29, 0.717) is 27.8 Å². The Hall–Kier alpha value is -4.66. The predicted octanol–water partition coefficient (Wildman–Crippen LogP) is 7.14. The van der Waals surface area contributed by atoms with E-state index in [2.05, 4.69) is 4.98 Å². The lowest BCUT2D eigenvalue weighted by atomic mass is 9.89. The maximum absolute atomic E-state index is 13.8. The van der Waals surface area contributed by atoms with Gasteiger partial charge < -0.3 is 9.84 Å². The lowest BCUT2D eigenvalue weighted by Crippen LogP contribution is -2.31. The number of alkyl halides is 3. The molecule has 1 aliphatic heterocycles. The van der Waals surface area contributed by atoms with Crippen molar-refractivity contribution in [3.8, 4) is 22.3 Å². The summed E-state index contributed by atoms with van der Waals surface area (Å²) in [6, 6.07) is 20.8. The summed E-state index contributed by atoms with van der Waals surface area (Å²) in [7, 11) is 0. The van der Waals surface area contributed by atoms with Crippen molar-refractivity contribution >= 4 is 12.1 Å². The Kier molecular flexibility index (Phi) is 7.30. The molecule has 1 amide bonds. The first-order valence-corrected chi connectivity index (χ1v) is 12.6. The Balaban J connectivity index is 1.63. The van der Waals surface area contributed by atoms with Crippen LogP contribution in [-0.4, -0.2) is 33.1 Å². The average molecular weight is 547 g/mol. The third-order valence-corrected chi connectivity index (χ3v) is 7.00. The van der Waals surface area contributed by atoms with Gasteiger partial charge in [0.2, 0.25) is 0 Å². The van der Waals surface area contributed by atoms with Gasteiger partial charge in [-0.25, -0.2) is 4.79 Å². The van der Waals surface area contributed by atoms with Crippen LogP contribution < -0.4 is 0 Å². The third-order valence-electron chi connectivity index (χ3n) is 7.00. The van der Waals surface area contributed by atoms with Crippen LogP contribution in [0, 0.1) is 0 Å². The molecule has 1 saturated heterocycles. The summed E-state index contributed by atoms with van der Waals surface area (Å²) >= 11 is 0. The van der Waals surface area contributed by atoms with E-state index in [9.17, 15) is 27.9 Å². The highest BCUT2D eigenvalue weighted by Gasteiger charge is 2.40. The van der Waals surface area contributed by atoms with Crippen LogP contribution in [0.15, 0.2) is 91.3 Å². The van der Waals surface area contributed by atoms with Crippen LogP contribution in [0.3, 0.4) is 0 Å². The number of benzene rings is 3. The van der Waals surface area contributed by atoms with Crippen LogP contribution in [-0.2, 0) is 28.7 Å². The Morgan fingerprint density at radius 2 is 1.73 bits per heavy atom. The molecule has 2 atom stereocenters. The molecular weight excluding hydrogens is 521 g/mol. The number of halogens is 3. The molecule has 0 bridgehead atoms. The number of carbonyl (C=O) groups excluding carboxylic acids is 1. The van der Waals surface area contributed by atoms with E-state index in [1.165, 1.54) is 11.0 Å². The molecule has 0 unspecified atom stereocenters. The summed E-state index contributed by atoms with van der Waals surface area (Å²) in [5, 5.41) is 9.37. The number of aromatic nitrogens is 1. The normalized spacial score (nSPS) is 17.1. The lowest BCUT2D eigenvalue weighted by Gasteiger charge is -2.24. The first kappa shape index (κ1) is 26.9. The zero-order valence-electron chi connectivity index (χ0n) is 21.4. The van der Waals surface area contributed by atoms with Gasteiger partial charge in [-0.15, -0.1) is 0 Å². The van der Waals surface area contributed by atoms with Gasteiger partial charge >= 0.3 is 18.2 Å². The Morgan fingerprint density at radius 1 is 0.975 bits per heavy atom. The number of amides is 1. The van der Waals surface area contributed by atoms with Gasteiger partial charge in [-0.1, -0.05) is 54.6 Å². The standard InChI is InChI=1S/C31H25F3N2O4/c1-19-29(21-6-3-2-4-7-21)40-30(39)36(19)18-23-16-24(31(32,33)34)10-12-26(23)27-14-20(15-28(37)38)9-11-25(27)22-8-5-13-35-17-22/h2-14,16-17,19,29H,15,18H2,1H3,(H,37,38)/t19-,29-/m0/s1. The van der Waals surface area contributed by atoms with Gasteiger partial charge in [-0.3, -0.25) is 14.7 Å². The van der Waals surface area contributed by atoms with Gasteiger partial charge in [0.1, 0.15) is 6.10 Å². The maximum Gasteiger partial charge on any atom is 0.416 e. The molecule has 204 valence electrons. The Labute approximate surface area is 228 Å². The molecule has 4 aromatic rings. The predicted molar refractivity (Wildman–Crippen MR) is 142 cm³/mol. The highest BCUT2D eigenvalue weighted by molar-refractivity contribution is 5.86. The number of ether oxygens (including phenoxy) is 1. The third kappa shape index (κ3) is 5.54. The van der Waals surface area contributed by atoms with Crippen molar-refractivity contribution in [3.63, 3.8) is 0 Å². The van der Waals surface area contributed by atoms with Gasteiger partial charge in [0.15, 0.2) is 0 Å². The molecule has 1 aromatic heterocycles. The number of carbonyl (C=O) groups is 2. The van der Waals surface area contributed by atoms with E-state index in [4.69, 9.17) is 4.74 Å². The minimum absolute atomic E-state index is 0.141. The number of nitrogens with zero attached hydrogens (tertiary/aromatic N) is 2. The lowest BCUT2D eigenvalue weighted by molar-refractivity contribution is -0.138. The molecule has 6 nitrogen and oxygen atoms in total. The van der Waals surface area contributed by atoms with Crippen molar-refractivity contribution in [3.05, 3.63) is 114 Å². The molecule has 1 N–H and O–H groups in total. The van der Waals surface area contributed by atoms with Crippen molar-refractivity contribution < 1.29 is 32.6 Å². The van der Waals surface area contributed by atoms with E-state index < -0.39 is 35.9 Å². The van der Waals surface area contributed by atoms with Crippen LogP contribution in [0.25, 0.3) is 22.3 Å². The summed E-state index contributed by atoms with van der Waals surface area (Å²) in [6.07, 6.45) is -2.83.